The van der Waals surface area contributed by atoms with Gasteiger partial charge in [-0.2, -0.15) is 0 Å². The number of hydrogen-bond donors (Lipinski definition) is 0. The number of imidazole rings is 1. The monoisotopic (exact) mass is 457 g/mol. The van der Waals surface area contributed by atoms with E-state index in [-0.39, 0.29) is 11.9 Å². The molecule has 2 saturated heterocycles. The molecule has 2 atom stereocenters. The van der Waals surface area contributed by atoms with Gasteiger partial charge in [0.05, 0.1) is 38.0 Å². The Morgan fingerprint density at radius 1 is 1.03 bits per heavy atom. The first-order valence-corrected chi connectivity index (χ1v) is 11.9. The number of aromatic nitrogens is 2. The number of piperidine rings is 2. The molecule has 0 spiro atoms. The second kappa shape index (κ2) is 9.37. The molecule has 0 N–H and O–H groups in total. The molecule has 176 valence electrons. The molecule has 1 aromatic heterocycles. The zero-order chi connectivity index (χ0) is 23.7. The molecule has 0 radical (unpaired) electrons. The van der Waals surface area contributed by atoms with E-state index in [1.165, 1.54) is 5.56 Å². The Balaban J connectivity index is 1.43. The van der Waals surface area contributed by atoms with E-state index < -0.39 is 0 Å². The average molecular weight is 458 g/mol. The molecular weight excluding hydrogens is 426 g/mol. The molecule has 0 unspecified atom stereocenters. The summed E-state index contributed by atoms with van der Waals surface area (Å²) >= 11 is 0. The summed E-state index contributed by atoms with van der Waals surface area (Å²) < 4.78 is 12.9. The van der Waals surface area contributed by atoms with E-state index in [0.717, 1.165) is 66.1 Å². The number of nitrogens with zero attached hydrogens (tertiary/aromatic N) is 3. The highest BCUT2D eigenvalue weighted by Crippen LogP contribution is 2.41. The van der Waals surface area contributed by atoms with Crippen LogP contribution in [0.1, 0.15) is 55.0 Å². The van der Waals surface area contributed by atoms with E-state index in [4.69, 9.17) is 9.47 Å². The van der Waals surface area contributed by atoms with Crippen LogP contribution >= 0.6 is 0 Å². The highest BCUT2D eigenvalue weighted by Gasteiger charge is 2.39. The van der Waals surface area contributed by atoms with Gasteiger partial charge in [0.2, 0.25) is 0 Å². The third kappa shape index (κ3) is 4.20. The molecule has 2 aliphatic heterocycles. The first kappa shape index (κ1) is 22.3. The number of rotatable bonds is 5. The summed E-state index contributed by atoms with van der Waals surface area (Å²) in [7, 11) is 3.35. The van der Waals surface area contributed by atoms with Crippen molar-refractivity contribution < 1.29 is 14.3 Å². The molecule has 3 heterocycles. The van der Waals surface area contributed by atoms with Crippen LogP contribution in [0, 0.1) is 6.92 Å². The second-order valence-electron chi connectivity index (χ2n) is 9.15. The number of carbonyl (C=O) groups excluding carboxylic acids is 1. The zero-order valence-corrected chi connectivity index (χ0v) is 20.0. The van der Waals surface area contributed by atoms with Gasteiger partial charge in [-0.05, 0) is 80.5 Å². The van der Waals surface area contributed by atoms with Gasteiger partial charge in [-0.15, -0.1) is 0 Å². The molecule has 3 aromatic rings. The van der Waals surface area contributed by atoms with Gasteiger partial charge in [-0.3, -0.25) is 4.79 Å². The van der Waals surface area contributed by atoms with E-state index in [9.17, 15) is 4.79 Å². The molecule has 34 heavy (non-hydrogen) atoms. The number of carbonyl (C=O) groups is 1. The Bertz CT molecular complexity index is 1210. The van der Waals surface area contributed by atoms with Crippen molar-refractivity contribution in [1.29, 1.82) is 0 Å². The summed E-state index contributed by atoms with van der Waals surface area (Å²) in [5, 5.41) is 0. The smallest absolute Gasteiger partial charge is 0.250 e. The van der Waals surface area contributed by atoms with Crippen LogP contribution in [0.2, 0.25) is 0 Å². The maximum atomic E-state index is 13.7. The Hall–Kier alpha value is -3.54. The summed E-state index contributed by atoms with van der Waals surface area (Å²) in [6.07, 6.45) is 10.8. The first-order chi connectivity index (χ1) is 16.6. The van der Waals surface area contributed by atoms with Crippen LogP contribution < -0.4 is 9.47 Å². The number of benzene rings is 2. The normalized spacial score (nSPS) is 21.4. The van der Waals surface area contributed by atoms with Gasteiger partial charge in [0, 0.05) is 17.8 Å². The van der Waals surface area contributed by atoms with Gasteiger partial charge in [-0.25, -0.2) is 4.98 Å². The summed E-state index contributed by atoms with van der Waals surface area (Å²) in [6, 6.07) is 14.6. The fourth-order valence-electron chi connectivity index (χ4n) is 5.30. The largest absolute Gasteiger partial charge is 0.497 e. The van der Waals surface area contributed by atoms with Crippen molar-refractivity contribution in [3.8, 4) is 17.2 Å². The summed E-state index contributed by atoms with van der Waals surface area (Å²) in [6.45, 7) is 1.96. The Kier molecular flexibility index (Phi) is 6.14. The van der Waals surface area contributed by atoms with E-state index in [0.29, 0.717) is 6.04 Å². The Morgan fingerprint density at radius 3 is 2.56 bits per heavy atom. The quantitative estimate of drug-likeness (QED) is 0.475. The summed E-state index contributed by atoms with van der Waals surface area (Å²) in [4.78, 5) is 20.2. The predicted octanol–water partition coefficient (Wildman–Crippen LogP) is 5.50. The van der Waals surface area contributed by atoms with E-state index >= 15 is 0 Å². The molecule has 2 aromatic carbocycles. The lowest BCUT2D eigenvalue weighted by Gasteiger charge is -2.46. The third-order valence-corrected chi connectivity index (χ3v) is 7.04. The van der Waals surface area contributed by atoms with Gasteiger partial charge in [0.1, 0.15) is 11.5 Å². The molecule has 1 amide bonds. The summed E-state index contributed by atoms with van der Waals surface area (Å²) in [5.74, 6) is 1.75. The van der Waals surface area contributed by atoms with Crippen LogP contribution in [0.15, 0.2) is 60.6 Å². The lowest BCUT2D eigenvalue weighted by atomic mass is 9.84. The Morgan fingerprint density at radius 2 is 1.85 bits per heavy atom. The van der Waals surface area contributed by atoms with Gasteiger partial charge < -0.3 is 18.9 Å². The molecule has 0 bridgehead atoms. The van der Waals surface area contributed by atoms with Crippen molar-refractivity contribution in [2.24, 2.45) is 0 Å². The molecular formula is C28H31N3O3. The number of amides is 1. The third-order valence-electron chi connectivity index (χ3n) is 7.04. The molecule has 5 rings (SSSR count). The van der Waals surface area contributed by atoms with Crippen molar-refractivity contribution in [3.05, 3.63) is 77.4 Å². The molecule has 6 heteroatoms. The number of ether oxygens (including phenoxy) is 2. The van der Waals surface area contributed by atoms with Crippen molar-refractivity contribution in [2.45, 2.75) is 51.1 Å². The van der Waals surface area contributed by atoms with Gasteiger partial charge in [0.15, 0.2) is 0 Å². The lowest BCUT2D eigenvalue weighted by Crippen LogP contribution is -2.49. The summed E-state index contributed by atoms with van der Waals surface area (Å²) in [5.41, 5.74) is 4.89. The van der Waals surface area contributed by atoms with Crippen LogP contribution in [0.25, 0.3) is 11.8 Å². The number of methoxy groups -OCH3 is 2. The minimum absolute atomic E-state index is 0.113. The highest BCUT2D eigenvalue weighted by molar-refractivity contribution is 5.99. The van der Waals surface area contributed by atoms with Crippen molar-refractivity contribution in [2.75, 3.05) is 14.2 Å². The molecule has 2 fully saturated rings. The van der Waals surface area contributed by atoms with Crippen LogP contribution in [-0.2, 0) is 4.79 Å². The van der Waals surface area contributed by atoms with Crippen LogP contribution in [-0.4, -0.2) is 40.6 Å². The van der Waals surface area contributed by atoms with Gasteiger partial charge in [-0.1, -0.05) is 18.2 Å². The van der Waals surface area contributed by atoms with Crippen molar-refractivity contribution in [3.63, 3.8) is 0 Å². The zero-order valence-electron chi connectivity index (χ0n) is 20.0. The average Bonchev–Trinajstić information content (AvgIpc) is 3.31. The molecule has 2 aliphatic rings. The van der Waals surface area contributed by atoms with Gasteiger partial charge in [0.25, 0.3) is 5.91 Å². The van der Waals surface area contributed by atoms with Crippen LogP contribution in [0.3, 0.4) is 0 Å². The standard InChI is InChI=1S/C28H31N3O3/c1-19-17-30(18-29-19)26-14-7-20(16-27(26)34-3)15-22-8-11-23-5-4-6-25(31(23)28(22)32)21-9-12-24(33-2)13-10-21/h7,9-10,12-18,23,25H,4-6,8,11H2,1-3H3/b22-15+/t23-,25+/m1/s1. The first-order valence-electron chi connectivity index (χ1n) is 11.9. The number of fused-ring (bicyclic) bond motifs is 1. The van der Waals surface area contributed by atoms with E-state index in [1.54, 1.807) is 20.5 Å². The number of hydrogen-bond acceptors (Lipinski definition) is 4. The van der Waals surface area contributed by atoms with Crippen LogP contribution in [0.4, 0.5) is 0 Å². The lowest BCUT2D eigenvalue weighted by molar-refractivity contribution is -0.136. The Labute approximate surface area is 200 Å². The molecule has 0 aliphatic carbocycles. The SMILES string of the molecule is COc1ccc([C@@H]2CCC[C@@H]3CC/C(=C\c4ccc(-n5cnc(C)c5)c(OC)c4)C(=O)N32)cc1. The van der Waals surface area contributed by atoms with Crippen molar-refractivity contribution >= 4 is 12.0 Å². The maximum absolute atomic E-state index is 13.7. The fourth-order valence-corrected chi connectivity index (χ4v) is 5.30. The number of aryl methyl sites for hydroxylation is 1. The second-order valence-corrected chi connectivity index (χ2v) is 9.15. The fraction of sp³-hybridized carbons (Fsp3) is 0.357. The van der Waals surface area contributed by atoms with Crippen LogP contribution in [0.5, 0.6) is 11.5 Å². The van der Waals surface area contributed by atoms with E-state index in [1.807, 2.05) is 54.1 Å². The predicted molar refractivity (Wildman–Crippen MR) is 132 cm³/mol. The maximum Gasteiger partial charge on any atom is 0.250 e. The van der Waals surface area contributed by atoms with Gasteiger partial charge >= 0.3 is 0 Å². The topological polar surface area (TPSA) is 56.6 Å². The minimum atomic E-state index is 0.113. The minimum Gasteiger partial charge on any atom is -0.497 e. The molecule has 6 nitrogen and oxygen atoms in total. The van der Waals surface area contributed by atoms with E-state index in [2.05, 4.69) is 22.0 Å². The highest BCUT2D eigenvalue weighted by atomic mass is 16.5. The van der Waals surface area contributed by atoms with Crippen molar-refractivity contribution in [1.82, 2.24) is 14.5 Å². The molecule has 0 saturated carbocycles.